The Morgan fingerprint density at radius 2 is 1.76 bits per heavy atom. The molecular weight excluding hydrogens is 332 g/mol. The van der Waals surface area contributed by atoms with E-state index in [2.05, 4.69) is 34.8 Å². The first-order valence-electron chi connectivity index (χ1n) is 8.84. The van der Waals surface area contributed by atoms with E-state index in [0.29, 0.717) is 16.5 Å². The molecule has 0 radical (unpaired) electrons. The number of nitrogens with zero attached hydrogens (tertiary/aromatic N) is 1. The van der Waals surface area contributed by atoms with Gasteiger partial charge in [0, 0.05) is 10.6 Å². The van der Waals surface area contributed by atoms with E-state index in [0.717, 1.165) is 11.3 Å². The van der Waals surface area contributed by atoms with E-state index in [4.69, 9.17) is 11.6 Å². The summed E-state index contributed by atoms with van der Waals surface area (Å²) in [6, 6.07) is 15.4. The normalized spacial score (nSPS) is 15.8. The number of rotatable bonds is 4. The van der Waals surface area contributed by atoms with Crippen LogP contribution < -0.4 is 5.43 Å². The van der Waals surface area contributed by atoms with E-state index < -0.39 is 0 Å². The molecule has 0 heterocycles. The molecule has 0 aliphatic heterocycles. The van der Waals surface area contributed by atoms with Crippen LogP contribution >= 0.6 is 11.6 Å². The van der Waals surface area contributed by atoms with Crippen molar-refractivity contribution < 1.29 is 4.79 Å². The Labute approximate surface area is 154 Å². The predicted octanol–water partition coefficient (Wildman–Crippen LogP) is 5.54. The first-order valence-corrected chi connectivity index (χ1v) is 9.22. The first kappa shape index (κ1) is 17.7. The van der Waals surface area contributed by atoms with Crippen molar-refractivity contribution in [3.8, 4) is 0 Å². The summed E-state index contributed by atoms with van der Waals surface area (Å²) >= 11 is 5.91. The summed E-state index contributed by atoms with van der Waals surface area (Å²) in [6.07, 6.45) is 6.63. The Kier molecular flexibility index (Phi) is 5.87. The van der Waals surface area contributed by atoms with E-state index in [-0.39, 0.29) is 5.91 Å². The molecule has 1 aliphatic carbocycles. The maximum Gasteiger partial charge on any atom is 0.271 e. The number of hydrazone groups is 1. The number of hydrogen-bond acceptors (Lipinski definition) is 2. The van der Waals surface area contributed by atoms with E-state index in [9.17, 15) is 4.79 Å². The average molecular weight is 355 g/mol. The van der Waals surface area contributed by atoms with Crippen molar-refractivity contribution in [3.05, 3.63) is 70.2 Å². The van der Waals surface area contributed by atoms with Gasteiger partial charge in [0.2, 0.25) is 0 Å². The standard InChI is InChI=1S/C21H23ClN2O/c1-15(23-24-21(25)19-8-5-9-20(22)14-19)16-10-12-18(13-11-16)17-6-3-2-4-7-17/h5,8-14,17H,2-4,6-7H2,1H3,(H,24,25)/b23-15+. The molecule has 4 heteroatoms. The summed E-state index contributed by atoms with van der Waals surface area (Å²) in [7, 11) is 0. The lowest BCUT2D eigenvalue weighted by Gasteiger charge is -2.22. The monoisotopic (exact) mass is 354 g/mol. The Bertz CT molecular complexity index is 762. The van der Waals surface area contributed by atoms with Crippen LogP contribution in [0.1, 0.15) is 66.4 Å². The molecule has 1 saturated carbocycles. The largest absolute Gasteiger partial charge is 0.271 e. The van der Waals surface area contributed by atoms with Crippen molar-refractivity contribution in [2.45, 2.75) is 44.9 Å². The van der Waals surface area contributed by atoms with E-state index in [1.165, 1.54) is 37.7 Å². The Hall–Kier alpha value is -2.13. The molecule has 25 heavy (non-hydrogen) atoms. The number of hydrogen-bond donors (Lipinski definition) is 1. The van der Waals surface area contributed by atoms with Gasteiger partial charge in [-0.2, -0.15) is 5.10 Å². The van der Waals surface area contributed by atoms with Crippen molar-refractivity contribution in [1.82, 2.24) is 5.43 Å². The maximum absolute atomic E-state index is 12.1. The van der Waals surface area contributed by atoms with Gasteiger partial charge in [0.1, 0.15) is 0 Å². The molecule has 2 aromatic carbocycles. The van der Waals surface area contributed by atoms with Gasteiger partial charge in [0.15, 0.2) is 0 Å². The maximum atomic E-state index is 12.1. The van der Waals surface area contributed by atoms with Crippen molar-refractivity contribution in [3.63, 3.8) is 0 Å². The summed E-state index contributed by atoms with van der Waals surface area (Å²) in [5, 5.41) is 4.75. The predicted molar refractivity (Wildman–Crippen MR) is 103 cm³/mol. The number of benzene rings is 2. The molecule has 0 bridgehead atoms. The molecule has 0 unspecified atom stereocenters. The molecular formula is C21H23ClN2O. The summed E-state index contributed by atoms with van der Waals surface area (Å²) in [5.74, 6) is 0.434. The van der Waals surface area contributed by atoms with E-state index >= 15 is 0 Å². The third-order valence-electron chi connectivity index (χ3n) is 4.82. The Morgan fingerprint density at radius 1 is 1.04 bits per heavy atom. The molecule has 1 aliphatic rings. The average Bonchev–Trinajstić information content (AvgIpc) is 2.66. The summed E-state index contributed by atoms with van der Waals surface area (Å²) < 4.78 is 0. The molecule has 1 N–H and O–H groups in total. The summed E-state index contributed by atoms with van der Waals surface area (Å²) in [5.41, 5.74) is 6.31. The number of halogens is 1. The van der Waals surface area contributed by atoms with Crippen LogP contribution in [0, 0.1) is 0 Å². The molecule has 2 aromatic rings. The minimum Gasteiger partial charge on any atom is -0.267 e. The molecule has 0 spiro atoms. The van der Waals surface area contributed by atoms with Crippen molar-refractivity contribution >= 4 is 23.2 Å². The fraction of sp³-hybridized carbons (Fsp3) is 0.333. The molecule has 0 aromatic heterocycles. The number of carbonyl (C=O) groups excluding carboxylic acids is 1. The zero-order valence-corrected chi connectivity index (χ0v) is 15.2. The lowest BCUT2D eigenvalue weighted by molar-refractivity contribution is 0.0955. The molecule has 130 valence electrons. The number of nitrogens with one attached hydrogen (secondary N) is 1. The summed E-state index contributed by atoms with van der Waals surface area (Å²) in [4.78, 5) is 12.1. The highest BCUT2D eigenvalue weighted by Crippen LogP contribution is 2.32. The molecule has 1 fully saturated rings. The lowest BCUT2D eigenvalue weighted by atomic mass is 9.84. The van der Waals surface area contributed by atoms with Crippen LogP contribution in [-0.2, 0) is 0 Å². The minimum absolute atomic E-state index is 0.263. The van der Waals surface area contributed by atoms with Gasteiger partial charge in [-0.25, -0.2) is 5.43 Å². The van der Waals surface area contributed by atoms with Crippen LogP contribution in [0.15, 0.2) is 53.6 Å². The number of carbonyl (C=O) groups is 1. The van der Waals surface area contributed by atoms with Gasteiger partial charge in [0.05, 0.1) is 5.71 Å². The highest BCUT2D eigenvalue weighted by molar-refractivity contribution is 6.30. The molecule has 3 nitrogen and oxygen atoms in total. The van der Waals surface area contributed by atoms with Gasteiger partial charge in [-0.15, -0.1) is 0 Å². The molecule has 0 saturated heterocycles. The Balaban J connectivity index is 1.64. The second-order valence-electron chi connectivity index (χ2n) is 6.61. The fourth-order valence-corrected chi connectivity index (χ4v) is 3.52. The highest BCUT2D eigenvalue weighted by atomic mass is 35.5. The smallest absolute Gasteiger partial charge is 0.267 e. The van der Waals surface area contributed by atoms with Gasteiger partial charge in [-0.05, 0) is 55.0 Å². The fourth-order valence-electron chi connectivity index (χ4n) is 3.33. The quantitative estimate of drug-likeness (QED) is 0.568. The van der Waals surface area contributed by atoms with Crippen LogP contribution in [0.5, 0.6) is 0 Å². The van der Waals surface area contributed by atoms with Gasteiger partial charge < -0.3 is 0 Å². The minimum atomic E-state index is -0.263. The van der Waals surface area contributed by atoms with E-state index in [1.54, 1.807) is 24.3 Å². The zero-order chi connectivity index (χ0) is 17.6. The topological polar surface area (TPSA) is 41.5 Å². The van der Waals surface area contributed by atoms with Crippen LogP contribution in [0.3, 0.4) is 0 Å². The zero-order valence-electron chi connectivity index (χ0n) is 14.5. The summed E-state index contributed by atoms with van der Waals surface area (Å²) in [6.45, 7) is 1.90. The third-order valence-corrected chi connectivity index (χ3v) is 5.05. The van der Waals surface area contributed by atoms with Crippen LogP contribution in [0.2, 0.25) is 5.02 Å². The van der Waals surface area contributed by atoms with Crippen LogP contribution in [0.25, 0.3) is 0 Å². The lowest BCUT2D eigenvalue weighted by Crippen LogP contribution is -2.19. The second kappa shape index (κ2) is 8.30. The van der Waals surface area contributed by atoms with Gasteiger partial charge in [-0.3, -0.25) is 4.79 Å². The molecule has 3 rings (SSSR count). The third kappa shape index (κ3) is 4.70. The highest BCUT2D eigenvalue weighted by Gasteiger charge is 2.15. The Morgan fingerprint density at radius 3 is 2.44 bits per heavy atom. The van der Waals surface area contributed by atoms with Gasteiger partial charge in [0.25, 0.3) is 5.91 Å². The number of amides is 1. The SMILES string of the molecule is C/C(=N\NC(=O)c1cccc(Cl)c1)c1ccc(C2CCCCC2)cc1. The van der Waals surface area contributed by atoms with E-state index in [1.807, 2.05) is 6.92 Å². The molecule has 1 amide bonds. The van der Waals surface area contributed by atoms with Crippen LogP contribution in [-0.4, -0.2) is 11.6 Å². The van der Waals surface area contributed by atoms with Gasteiger partial charge in [-0.1, -0.05) is 61.2 Å². The van der Waals surface area contributed by atoms with Crippen molar-refractivity contribution in [2.75, 3.05) is 0 Å². The van der Waals surface area contributed by atoms with Crippen LogP contribution in [0.4, 0.5) is 0 Å². The first-order chi connectivity index (χ1) is 12.1. The van der Waals surface area contributed by atoms with Gasteiger partial charge >= 0.3 is 0 Å². The van der Waals surface area contributed by atoms with Crippen molar-refractivity contribution in [1.29, 1.82) is 0 Å². The second-order valence-corrected chi connectivity index (χ2v) is 7.04. The van der Waals surface area contributed by atoms with Crippen molar-refractivity contribution in [2.24, 2.45) is 5.10 Å². The molecule has 0 atom stereocenters.